The maximum absolute atomic E-state index is 3.77. The standard InChI is InChI=1S/C17H15Br/c1-11-3-5-13(6-4-11)15-8-7-14-9-12(2)10-16(14)17(15)18/h3-8,10H,9H2,1-2H3. The van der Waals surface area contributed by atoms with E-state index in [1.165, 1.54) is 37.9 Å². The Hall–Kier alpha value is -1.34. The van der Waals surface area contributed by atoms with E-state index in [1.807, 2.05) is 0 Å². The van der Waals surface area contributed by atoms with E-state index in [4.69, 9.17) is 0 Å². The van der Waals surface area contributed by atoms with E-state index >= 15 is 0 Å². The molecule has 1 heteroatoms. The lowest BCUT2D eigenvalue weighted by Crippen LogP contribution is -1.88. The van der Waals surface area contributed by atoms with Crippen molar-refractivity contribution < 1.29 is 0 Å². The van der Waals surface area contributed by atoms with Crippen LogP contribution in [-0.2, 0) is 6.42 Å². The van der Waals surface area contributed by atoms with Gasteiger partial charge in [0.2, 0.25) is 0 Å². The topological polar surface area (TPSA) is 0 Å². The molecular weight excluding hydrogens is 284 g/mol. The van der Waals surface area contributed by atoms with Crippen LogP contribution in [0.2, 0.25) is 0 Å². The van der Waals surface area contributed by atoms with Crippen molar-refractivity contribution in [3.8, 4) is 11.1 Å². The Balaban J connectivity index is 2.14. The van der Waals surface area contributed by atoms with Gasteiger partial charge in [-0.05, 0) is 58.5 Å². The van der Waals surface area contributed by atoms with Gasteiger partial charge in [0.05, 0.1) is 0 Å². The van der Waals surface area contributed by atoms with E-state index in [0.717, 1.165) is 6.42 Å². The predicted octanol–water partition coefficient (Wildman–Crippen LogP) is 5.38. The molecule has 0 spiro atoms. The van der Waals surface area contributed by atoms with Gasteiger partial charge in [-0.25, -0.2) is 0 Å². The summed E-state index contributed by atoms with van der Waals surface area (Å²) in [7, 11) is 0. The second kappa shape index (κ2) is 4.40. The minimum atomic E-state index is 1.09. The largest absolute Gasteiger partial charge is 0.0683 e. The van der Waals surface area contributed by atoms with Crippen LogP contribution in [0.3, 0.4) is 0 Å². The average molecular weight is 299 g/mol. The number of hydrogen-bond acceptors (Lipinski definition) is 0. The van der Waals surface area contributed by atoms with Gasteiger partial charge in [-0.2, -0.15) is 0 Å². The van der Waals surface area contributed by atoms with Gasteiger partial charge >= 0.3 is 0 Å². The smallest absolute Gasteiger partial charge is 0.0329 e. The molecule has 0 radical (unpaired) electrons. The van der Waals surface area contributed by atoms with Crippen LogP contribution in [0, 0.1) is 6.92 Å². The summed E-state index contributed by atoms with van der Waals surface area (Å²) in [5.74, 6) is 0. The highest BCUT2D eigenvalue weighted by Gasteiger charge is 2.15. The molecule has 0 amide bonds. The van der Waals surface area contributed by atoms with Crippen LogP contribution in [0.4, 0.5) is 0 Å². The molecule has 0 aromatic heterocycles. The Morgan fingerprint density at radius 1 is 0.944 bits per heavy atom. The summed E-state index contributed by atoms with van der Waals surface area (Å²) in [6, 6.07) is 13.2. The van der Waals surface area contributed by atoms with Crippen LogP contribution in [0.1, 0.15) is 23.6 Å². The average Bonchev–Trinajstić information content (AvgIpc) is 2.73. The summed E-state index contributed by atoms with van der Waals surface area (Å²) in [6.07, 6.45) is 3.37. The zero-order valence-electron chi connectivity index (χ0n) is 10.6. The van der Waals surface area contributed by atoms with Gasteiger partial charge in [0.25, 0.3) is 0 Å². The molecule has 0 saturated heterocycles. The number of rotatable bonds is 1. The van der Waals surface area contributed by atoms with Gasteiger partial charge in [-0.3, -0.25) is 0 Å². The summed E-state index contributed by atoms with van der Waals surface area (Å²) < 4.78 is 1.22. The highest BCUT2D eigenvalue weighted by Crippen LogP contribution is 2.38. The third kappa shape index (κ3) is 1.93. The first-order valence-electron chi connectivity index (χ1n) is 6.21. The SMILES string of the molecule is CC1=Cc2c(ccc(-c3ccc(C)cc3)c2Br)C1. The molecule has 90 valence electrons. The van der Waals surface area contributed by atoms with E-state index < -0.39 is 0 Å². The van der Waals surface area contributed by atoms with Crippen LogP contribution >= 0.6 is 15.9 Å². The summed E-state index contributed by atoms with van der Waals surface area (Å²) >= 11 is 3.77. The highest BCUT2D eigenvalue weighted by atomic mass is 79.9. The molecule has 0 nitrogen and oxygen atoms in total. The molecule has 2 aromatic rings. The van der Waals surface area contributed by atoms with Gasteiger partial charge in [0.1, 0.15) is 0 Å². The Bertz CT molecular complexity index is 633. The monoisotopic (exact) mass is 298 g/mol. The first kappa shape index (κ1) is 11.7. The maximum Gasteiger partial charge on any atom is 0.0329 e. The third-order valence-electron chi connectivity index (χ3n) is 3.49. The zero-order valence-corrected chi connectivity index (χ0v) is 12.2. The van der Waals surface area contributed by atoms with Crippen molar-refractivity contribution in [1.82, 2.24) is 0 Å². The highest BCUT2D eigenvalue weighted by molar-refractivity contribution is 9.10. The Labute approximate surface area is 116 Å². The molecule has 0 saturated carbocycles. The van der Waals surface area contributed by atoms with Gasteiger partial charge in [-0.1, -0.05) is 53.6 Å². The molecule has 0 bridgehead atoms. The maximum atomic E-state index is 3.77. The molecule has 0 unspecified atom stereocenters. The van der Waals surface area contributed by atoms with E-state index in [1.54, 1.807) is 0 Å². The normalized spacial score (nSPS) is 13.4. The first-order chi connectivity index (χ1) is 8.65. The van der Waals surface area contributed by atoms with Crippen LogP contribution in [0.5, 0.6) is 0 Å². The van der Waals surface area contributed by atoms with E-state index in [9.17, 15) is 0 Å². The number of halogens is 1. The lowest BCUT2D eigenvalue weighted by molar-refractivity contribution is 1.19. The summed E-state index contributed by atoms with van der Waals surface area (Å²) in [4.78, 5) is 0. The van der Waals surface area contributed by atoms with Gasteiger partial charge in [0.15, 0.2) is 0 Å². The Morgan fingerprint density at radius 3 is 2.39 bits per heavy atom. The van der Waals surface area contributed by atoms with E-state index in [2.05, 4.69) is 72.3 Å². The van der Waals surface area contributed by atoms with Crippen molar-refractivity contribution in [2.24, 2.45) is 0 Å². The molecular formula is C17H15Br. The molecule has 0 aliphatic heterocycles. The number of benzene rings is 2. The minimum absolute atomic E-state index is 1.09. The van der Waals surface area contributed by atoms with Crippen molar-refractivity contribution in [1.29, 1.82) is 0 Å². The quantitative estimate of drug-likeness (QED) is 0.663. The summed E-state index contributed by atoms with van der Waals surface area (Å²) in [5, 5.41) is 0. The zero-order chi connectivity index (χ0) is 12.7. The fraction of sp³-hybridized carbons (Fsp3) is 0.176. The number of hydrogen-bond donors (Lipinski definition) is 0. The van der Waals surface area contributed by atoms with Gasteiger partial charge in [0, 0.05) is 4.47 Å². The molecule has 0 heterocycles. The summed E-state index contributed by atoms with van der Waals surface area (Å²) in [6.45, 7) is 4.31. The van der Waals surface area contributed by atoms with Crippen molar-refractivity contribution in [2.75, 3.05) is 0 Å². The second-order valence-electron chi connectivity index (χ2n) is 5.03. The number of fused-ring (bicyclic) bond motifs is 1. The molecule has 0 atom stereocenters. The molecule has 0 fully saturated rings. The van der Waals surface area contributed by atoms with Crippen LogP contribution in [0.15, 0.2) is 46.4 Å². The lowest BCUT2D eigenvalue weighted by atomic mass is 9.99. The molecule has 3 rings (SSSR count). The summed E-state index contributed by atoms with van der Waals surface area (Å²) in [5.41, 5.74) is 8.06. The lowest BCUT2D eigenvalue weighted by Gasteiger charge is -2.09. The predicted molar refractivity (Wildman–Crippen MR) is 81.7 cm³/mol. The molecule has 1 aliphatic rings. The number of aryl methyl sites for hydroxylation is 1. The van der Waals surface area contributed by atoms with Crippen LogP contribution in [-0.4, -0.2) is 0 Å². The number of allylic oxidation sites excluding steroid dienone is 1. The molecule has 1 aliphatic carbocycles. The fourth-order valence-corrected chi connectivity index (χ4v) is 3.23. The second-order valence-corrected chi connectivity index (χ2v) is 5.83. The Morgan fingerprint density at radius 2 is 1.67 bits per heavy atom. The fourth-order valence-electron chi connectivity index (χ4n) is 2.50. The third-order valence-corrected chi connectivity index (χ3v) is 4.35. The first-order valence-corrected chi connectivity index (χ1v) is 7.00. The van der Waals surface area contributed by atoms with Crippen molar-refractivity contribution in [3.05, 3.63) is 63.1 Å². The van der Waals surface area contributed by atoms with Crippen molar-refractivity contribution in [3.63, 3.8) is 0 Å². The minimum Gasteiger partial charge on any atom is -0.0683 e. The molecule has 2 aromatic carbocycles. The van der Waals surface area contributed by atoms with Crippen molar-refractivity contribution in [2.45, 2.75) is 20.3 Å². The molecule has 18 heavy (non-hydrogen) atoms. The van der Waals surface area contributed by atoms with Gasteiger partial charge in [-0.15, -0.1) is 0 Å². The van der Waals surface area contributed by atoms with E-state index in [0.29, 0.717) is 0 Å². The molecule has 0 N–H and O–H groups in total. The van der Waals surface area contributed by atoms with E-state index in [-0.39, 0.29) is 0 Å². The van der Waals surface area contributed by atoms with Crippen LogP contribution < -0.4 is 0 Å². The van der Waals surface area contributed by atoms with Crippen LogP contribution in [0.25, 0.3) is 17.2 Å². The van der Waals surface area contributed by atoms with Gasteiger partial charge < -0.3 is 0 Å². The van der Waals surface area contributed by atoms with Crippen molar-refractivity contribution >= 4 is 22.0 Å². The Kier molecular flexibility index (Phi) is 2.87.